The van der Waals surface area contributed by atoms with E-state index >= 15 is 28.8 Å². The first-order chi connectivity index (χ1) is 59.9. The molecule has 8 amide bonds. The minimum atomic E-state index is -4.92. The summed E-state index contributed by atoms with van der Waals surface area (Å²) in [6, 6.07) is 4.19. The van der Waals surface area contributed by atoms with Crippen molar-refractivity contribution in [3.05, 3.63) is 141 Å². The lowest BCUT2D eigenvalue weighted by molar-refractivity contribution is -0.333. The first-order valence-electron chi connectivity index (χ1n) is 41.9. The number of ether oxygens (including phenoxy) is 7. The van der Waals surface area contributed by atoms with Crippen LogP contribution in [0.4, 0.5) is 0 Å². The average Bonchev–Trinajstić information content (AvgIpc) is 0.755. The zero-order valence-corrected chi connectivity index (χ0v) is 71.8. The molecule has 11 aliphatic rings. The van der Waals surface area contributed by atoms with E-state index < -0.39 is 252 Å². The summed E-state index contributed by atoms with van der Waals surface area (Å²) in [5.41, 5.74) is 2.73. The number of rotatable bonds is 21. The van der Waals surface area contributed by atoms with Gasteiger partial charge in [-0.3, -0.25) is 38.4 Å². The van der Waals surface area contributed by atoms with Gasteiger partial charge in [-0.2, -0.15) is 0 Å². The number of benzene rings is 6. The first-order valence-corrected chi connectivity index (χ1v) is 44.1. The molecule has 18 atom stereocenters. The summed E-state index contributed by atoms with van der Waals surface area (Å²) in [5, 5.41) is 127. The van der Waals surface area contributed by atoms with Crippen LogP contribution in [-0.2, 0) is 62.6 Å². The Morgan fingerprint density at radius 3 is 1.90 bits per heavy atom. The molecule has 17 rings (SSSR count). The van der Waals surface area contributed by atoms with Gasteiger partial charge in [-0.15, -0.1) is 0 Å². The lowest BCUT2D eigenvalue weighted by Crippen LogP contribution is -2.64. The molecule has 2 saturated heterocycles. The Labute approximate surface area is 734 Å². The molecule has 4 saturated carbocycles. The SMILES string of the molecule is CCCCCOc1ccc(S(=O)(=O)NC(=O)CC2NC(=O)C(NC(=O)C(CC(C)C)NC)C(O)c3ccc(c(Cl)c3)Oc3cc4cc(c3OC3OC(CO)C(O)C(O)C3OC3CC(C)(N)C(O)C(C)O3)Oc3ccc(cc3Cl)C(O)C3NC(=O)C(NC(=O)C4NC2=O)c2ccc(O)c(c2)-c2c(O)cc(O)cc2C(C(=O)NC2C4CC5CC(C4)CC2C5)NC3=O)cc1. The number of fused-ring (bicyclic) bond motifs is 15. The van der Waals surface area contributed by atoms with E-state index in [0.29, 0.717) is 24.9 Å². The number of hydrogen-bond donors (Lipinski definition) is 19. The van der Waals surface area contributed by atoms with E-state index in [0.717, 1.165) is 118 Å². The number of phenols is 3. The van der Waals surface area contributed by atoms with E-state index in [4.69, 9.17) is 62.1 Å². The van der Waals surface area contributed by atoms with Crippen molar-refractivity contribution in [2.75, 3.05) is 20.3 Å². The van der Waals surface area contributed by atoms with E-state index in [-0.39, 0.29) is 69.9 Å². The third-order valence-corrected chi connectivity index (χ3v) is 26.7. The van der Waals surface area contributed by atoms with Crippen LogP contribution in [0, 0.1) is 29.6 Å². The van der Waals surface area contributed by atoms with Crippen molar-refractivity contribution in [2.24, 2.45) is 35.3 Å². The maximum absolute atomic E-state index is 16.7. The number of nitrogens with one attached hydrogen (secondary N) is 9. The van der Waals surface area contributed by atoms with Crippen molar-refractivity contribution < 1.29 is 126 Å². The zero-order chi connectivity index (χ0) is 90.4. The second kappa shape index (κ2) is 38.0. The van der Waals surface area contributed by atoms with Crippen molar-refractivity contribution in [3.63, 3.8) is 0 Å². The van der Waals surface area contributed by atoms with Gasteiger partial charge in [0.05, 0.1) is 52.8 Å². The smallest absolute Gasteiger partial charge is 0.264 e. The molecule has 0 aromatic heterocycles. The van der Waals surface area contributed by atoms with Gasteiger partial charge < -0.3 is 127 Å². The number of sulfonamides is 1. The number of aromatic hydroxyl groups is 3. The summed E-state index contributed by atoms with van der Waals surface area (Å²) in [7, 11) is -3.46. The molecule has 18 unspecified atom stereocenters. The lowest BCUT2D eigenvalue weighted by atomic mass is 9.54. The predicted molar refractivity (Wildman–Crippen MR) is 448 cm³/mol. The molecular formula is C87H104Cl2N10O26S. The maximum Gasteiger partial charge on any atom is 0.264 e. The second-order valence-corrected chi connectivity index (χ2v) is 36.9. The number of carbonyl (C=O) groups is 8. The summed E-state index contributed by atoms with van der Waals surface area (Å²) < 4.78 is 75.3. The Morgan fingerprint density at radius 1 is 0.675 bits per heavy atom. The third kappa shape index (κ3) is 19.7. The number of amides is 8. The molecule has 39 heteroatoms. The maximum atomic E-state index is 16.7. The van der Waals surface area contributed by atoms with Crippen molar-refractivity contribution in [1.82, 2.24) is 47.3 Å². The summed E-state index contributed by atoms with van der Waals surface area (Å²) in [5.74, 6) is -14.2. The fourth-order valence-electron chi connectivity index (χ4n) is 18.4. The van der Waals surface area contributed by atoms with Gasteiger partial charge >= 0.3 is 0 Å². The molecule has 4 aliphatic carbocycles. The molecule has 126 heavy (non-hydrogen) atoms. The molecule has 6 fully saturated rings. The minimum absolute atomic E-state index is 0.0450. The first kappa shape index (κ1) is 92.0. The van der Waals surface area contributed by atoms with E-state index in [9.17, 15) is 64.0 Å². The number of aliphatic hydroxyl groups excluding tert-OH is 6. The topological polar surface area (TPSA) is 552 Å². The van der Waals surface area contributed by atoms with Crippen LogP contribution in [0.1, 0.15) is 163 Å². The Kier molecular flexibility index (Phi) is 27.7. The van der Waals surface area contributed by atoms with Crippen LogP contribution in [0.3, 0.4) is 0 Å². The average molecular weight is 1810 g/mol. The van der Waals surface area contributed by atoms with Crippen molar-refractivity contribution in [1.29, 1.82) is 0 Å². The number of carbonyl (C=O) groups excluding carboxylic acids is 8. The van der Waals surface area contributed by atoms with Gasteiger partial charge in [0.15, 0.2) is 23.9 Å². The standard InChI is InChI=1S/C87H104Cl2N10O26S/c1-7-8-9-20-119-48-13-15-49(16-14-48)126(117,118)99-63(104)34-55-80(111)94-68-46-30-60(121-58-18-11-42(28-52(58)88)72(105)70(84(115)92-55)97-79(110)54(91-6)21-37(2)3)76(125-86-77(75(108)74(107)62(36-100)123-86)124-64-35-87(5,90)78(109)38(4)120-64)61(31-46)122-59-19-12-43(29-53(59)89)73(106)71-85(116)96-69(83(114)93-66-44-23-39-22-40(25-44)26-45(66)24-39)51-32-47(101)33-57(103)65(51)50-27-41(10-17-56(50)102)67(81(112)98-71)95-82(68)113/h10-19,27-33,37-40,44-45,54-55,62,64,66-75,77-78,86,91,100-103,105-109H,7-9,20-26,34-36,90H2,1-6H3,(H,92,115)(H,93,114)(H,94,111)(H,95,113)(H,96,116)(H,97,110)(H,98,112)(H,99,104). The lowest BCUT2D eigenvalue weighted by Gasteiger charge is -2.54. The Morgan fingerprint density at radius 2 is 1.29 bits per heavy atom. The highest BCUT2D eigenvalue weighted by molar-refractivity contribution is 7.90. The highest BCUT2D eigenvalue weighted by atomic mass is 35.5. The van der Waals surface area contributed by atoms with Gasteiger partial charge in [-0.1, -0.05) is 75.0 Å². The third-order valence-electron chi connectivity index (χ3n) is 24.7. The molecule has 6 aromatic rings. The largest absolute Gasteiger partial charge is 0.508 e. The number of unbranched alkanes of at least 4 members (excludes halogenated alkanes) is 2. The monoisotopic (exact) mass is 1810 g/mol. The number of likely N-dealkylation sites (N-methyl/N-ethyl adjacent to an activating group) is 1. The van der Waals surface area contributed by atoms with Gasteiger partial charge in [0.2, 0.25) is 59.3 Å². The molecule has 7 heterocycles. The molecule has 20 N–H and O–H groups in total. The number of nitrogens with two attached hydrogens (primary N) is 1. The van der Waals surface area contributed by atoms with E-state index in [2.05, 4.69) is 42.5 Å². The van der Waals surface area contributed by atoms with Crippen LogP contribution in [0.2, 0.25) is 10.0 Å². The molecule has 6 aromatic carbocycles. The Balaban J connectivity index is 0.964. The molecular weight excluding hydrogens is 1700 g/mol. The van der Waals surface area contributed by atoms with Crippen LogP contribution in [0.15, 0.2) is 108 Å². The van der Waals surface area contributed by atoms with Gasteiger partial charge in [-0.05, 0) is 202 Å². The van der Waals surface area contributed by atoms with Crippen LogP contribution in [-0.4, -0.2) is 207 Å². The van der Waals surface area contributed by atoms with E-state index in [1.807, 2.05) is 11.6 Å². The zero-order valence-electron chi connectivity index (χ0n) is 69.5. The highest BCUT2D eigenvalue weighted by Crippen LogP contribution is 2.55. The van der Waals surface area contributed by atoms with Gasteiger partial charge in [0, 0.05) is 35.2 Å². The summed E-state index contributed by atoms with van der Waals surface area (Å²) in [4.78, 5) is 125. The molecule has 678 valence electrons. The second-order valence-electron chi connectivity index (χ2n) is 34.4. The quantitative estimate of drug-likeness (QED) is 0.0439. The van der Waals surface area contributed by atoms with Crippen LogP contribution < -0.4 is 71.9 Å². The van der Waals surface area contributed by atoms with E-state index in [1.165, 1.54) is 51.2 Å². The van der Waals surface area contributed by atoms with Gasteiger partial charge in [0.25, 0.3) is 10.0 Å². The minimum Gasteiger partial charge on any atom is -0.508 e. The van der Waals surface area contributed by atoms with Crippen LogP contribution in [0.5, 0.6) is 51.7 Å². The fourth-order valence-corrected chi connectivity index (χ4v) is 19.9. The molecule has 7 aliphatic heterocycles. The molecule has 0 radical (unpaired) electrons. The summed E-state index contributed by atoms with van der Waals surface area (Å²) >= 11 is 14.5. The predicted octanol–water partition coefficient (Wildman–Crippen LogP) is 4.55. The molecule has 15 bridgehead atoms. The van der Waals surface area contributed by atoms with Crippen molar-refractivity contribution in [3.8, 4) is 62.9 Å². The van der Waals surface area contributed by atoms with Gasteiger partial charge in [0.1, 0.15) is 101 Å². The molecule has 36 nitrogen and oxygen atoms in total. The van der Waals surface area contributed by atoms with Crippen LogP contribution in [0.25, 0.3) is 11.1 Å². The number of halogens is 2. The fraction of sp³-hybridized carbons (Fsp3) is 0.494. The normalized spacial score (nSPS) is 30.3. The van der Waals surface area contributed by atoms with Gasteiger partial charge in [-0.25, -0.2) is 13.1 Å². The van der Waals surface area contributed by atoms with Crippen LogP contribution >= 0.6 is 23.2 Å². The number of hydrogen-bond acceptors (Lipinski definition) is 28. The Bertz CT molecular complexity index is 5240. The summed E-state index contributed by atoms with van der Waals surface area (Å²) in [6.45, 7) is 7.91. The van der Waals surface area contributed by atoms with E-state index in [1.54, 1.807) is 13.8 Å². The molecule has 0 spiro atoms. The summed E-state index contributed by atoms with van der Waals surface area (Å²) in [6.07, 6.45) is -12.6. The van der Waals surface area contributed by atoms with Crippen molar-refractivity contribution >= 4 is 80.5 Å². The Hall–Kier alpha value is -10.2. The highest BCUT2D eigenvalue weighted by Gasteiger charge is 2.53. The number of aliphatic hydroxyl groups is 6. The van der Waals surface area contributed by atoms with Crippen molar-refractivity contribution in [2.45, 2.75) is 225 Å². The number of phenolic OH excluding ortho intramolecular Hbond substituents is 3.